The Bertz CT molecular complexity index is 918. The second-order valence-corrected chi connectivity index (χ2v) is 7.95. The summed E-state index contributed by atoms with van der Waals surface area (Å²) in [5.74, 6) is 0.175. The van der Waals surface area contributed by atoms with E-state index in [-0.39, 0.29) is 16.7 Å². The highest BCUT2D eigenvalue weighted by Crippen LogP contribution is 2.24. The summed E-state index contributed by atoms with van der Waals surface area (Å²) in [5, 5.41) is 3.76. The molecule has 1 N–H and O–H groups in total. The number of anilines is 1. The smallest absolute Gasteiger partial charge is 0.264 e. The Morgan fingerprint density at radius 3 is 2.48 bits per heavy atom. The lowest BCUT2D eigenvalue weighted by atomic mass is 10.0. The van der Waals surface area contributed by atoms with Crippen molar-refractivity contribution in [3.8, 4) is 0 Å². The topological polar surface area (TPSA) is 92.5 Å². The fourth-order valence-electron chi connectivity index (χ4n) is 2.88. The van der Waals surface area contributed by atoms with Crippen molar-refractivity contribution in [1.82, 2.24) is 10.1 Å². The van der Waals surface area contributed by atoms with Gasteiger partial charge in [-0.25, -0.2) is 13.1 Å². The molecule has 134 valence electrons. The molecule has 1 aliphatic heterocycles. The molecule has 0 aliphatic carbocycles. The monoisotopic (exact) mass is 363 g/mol. The van der Waals surface area contributed by atoms with Crippen LogP contribution in [-0.4, -0.2) is 37.5 Å². The summed E-state index contributed by atoms with van der Waals surface area (Å²) in [6.45, 7) is 6.30. The first-order chi connectivity index (χ1) is 11.8. The number of nitrogens with zero attached hydrogens (tertiary/aromatic N) is 2. The summed E-state index contributed by atoms with van der Waals surface area (Å²) >= 11 is 0. The Hall–Kier alpha value is -2.35. The van der Waals surface area contributed by atoms with Gasteiger partial charge in [0.2, 0.25) is 11.8 Å². The number of nitrogens with one attached hydrogen (secondary N) is 1. The van der Waals surface area contributed by atoms with Gasteiger partial charge in [-0.05, 0) is 49.9 Å². The molecule has 0 bridgehead atoms. The molecule has 2 aromatic rings. The van der Waals surface area contributed by atoms with Crippen molar-refractivity contribution < 1.29 is 17.7 Å². The van der Waals surface area contributed by atoms with Gasteiger partial charge in [0.05, 0.1) is 10.6 Å². The number of carbonyl (C=O) groups excluding carboxylic acids is 1. The van der Waals surface area contributed by atoms with Crippen LogP contribution in [-0.2, 0) is 27.7 Å². The minimum absolute atomic E-state index is 0.0403. The summed E-state index contributed by atoms with van der Waals surface area (Å²) in [5.41, 5.74) is 3.34. The lowest BCUT2D eigenvalue weighted by Crippen LogP contribution is -2.30. The molecule has 0 fully saturated rings. The van der Waals surface area contributed by atoms with E-state index in [2.05, 4.69) is 9.88 Å². The van der Waals surface area contributed by atoms with E-state index >= 15 is 0 Å². The average Bonchev–Trinajstić information content (AvgIpc) is 2.78. The standard InChI is InChI=1S/C17H21N3O4S/c1-11-12(2)18-24-17(11)19-25(22,23)16-5-4-14-6-8-20(13(3)21)9-7-15(14)10-16/h4-5,10,19H,6-9H2,1-3H3. The molecule has 0 spiro atoms. The van der Waals surface area contributed by atoms with Crippen molar-refractivity contribution in [2.45, 2.75) is 38.5 Å². The molecule has 1 aromatic carbocycles. The maximum Gasteiger partial charge on any atom is 0.264 e. The fourth-order valence-corrected chi connectivity index (χ4v) is 3.97. The fraction of sp³-hybridized carbons (Fsp3) is 0.412. The van der Waals surface area contributed by atoms with Crippen molar-refractivity contribution in [3.63, 3.8) is 0 Å². The normalized spacial score (nSPS) is 14.8. The SMILES string of the molecule is CC(=O)N1CCc2ccc(S(=O)(=O)Nc3onc(C)c3C)cc2CC1. The zero-order valence-corrected chi connectivity index (χ0v) is 15.3. The largest absolute Gasteiger partial charge is 0.342 e. The summed E-state index contributed by atoms with van der Waals surface area (Å²) in [4.78, 5) is 13.5. The van der Waals surface area contributed by atoms with Gasteiger partial charge in [0, 0.05) is 25.6 Å². The zero-order chi connectivity index (χ0) is 18.2. The Balaban J connectivity index is 1.87. The maximum atomic E-state index is 12.6. The molecular weight excluding hydrogens is 342 g/mol. The second kappa shape index (κ2) is 6.51. The maximum absolute atomic E-state index is 12.6. The highest BCUT2D eigenvalue weighted by Gasteiger charge is 2.22. The van der Waals surface area contributed by atoms with E-state index in [1.807, 2.05) is 6.07 Å². The van der Waals surface area contributed by atoms with Crippen LogP contribution in [0.1, 0.15) is 29.3 Å². The summed E-state index contributed by atoms with van der Waals surface area (Å²) in [6, 6.07) is 5.09. The van der Waals surface area contributed by atoms with Gasteiger partial charge in [0.1, 0.15) is 0 Å². The number of sulfonamides is 1. The van der Waals surface area contributed by atoms with Crippen LogP contribution in [0.25, 0.3) is 0 Å². The molecule has 0 saturated carbocycles. The predicted octanol–water partition coefficient (Wildman–Crippen LogP) is 2.04. The van der Waals surface area contributed by atoms with Crippen LogP contribution >= 0.6 is 0 Å². The Labute approximate surface area is 147 Å². The molecule has 25 heavy (non-hydrogen) atoms. The van der Waals surface area contributed by atoms with Crippen LogP contribution in [0, 0.1) is 13.8 Å². The van der Waals surface area contributed by atoms with E-state index in [0.717, 1.165) is 17.5 Å². The number of aryl methyl sites for hydroxylation is 1. The number of amides is 1. The molecule has 7 nitrogen and oxygen atoms in total. The second-order valence-electron chi connectivity index (χ2n) is 6.26. The lowest BCUT2D eigenvalue weighted by Gasteiger charge is -2.17. The van der Waals surface area contributed by atoms with Gasteiger partial charge in [-0.3, -0.25) is 4.79 Å². The Morgan fingerprint density at radius 2 is 1.88 bits per heavy atom. The molecule has 2 heterocycles. The van der Waals surface area contributed by atoms with Crippen molar-refractivity contribution in [1.29, 1.82) is 0 Å². The minimum Gasteiger partial charge on any atom is -0.342 e. The van der Waals surface area contributed by atoms with Gasteiger partial charge in [0.15, 0.2) is 0 Å². The minimum atomic E-state index is -3.76. The predicted molar refractivity (Wildman–Crippen MR) is 92.9 cm³/mol. The van der Waals surface area contributed by atoms with Crippen molar-refractivity contribution in [2.24, 2.45) is 0 Å². The molecule has 0 saturated heterocycles. The van der Waals surface area contributed by atoms with E-state index in [0.29, 0.717) is 30.8 Å². The van der Waals surface area contributed by atoms with Crippen LogP contribution in [0.15, 0.2) is 27.6 Å². The van der Waals surface area contributed by atoms with E-state index in [1.165, 1.54) is 0 Å². The van der Waals surface area contributed by atoms with Gasteiger partial charge in [-0.2, -0.15) is 0 Å². The third kappa shape index (κ3) is 3.53. The van der Waals surface area contributed by atoms with Crippen LogP contribution in [0.2, 0.25) is 0 Å². The molecule has 1 aliphatic rings. The Kier molecular flexibility index (Phi) is 4.55. The number of fused-ring (bicyclic) bond motifs is 1. The van der Waals surface area contributed by atoms with Crippen LogP contribution in [0.4, 0.5) is 5.88 Å². The molecule has 1 aromatic heterocycles. The lowest BCUT2D eigenvalue weighted by molar-refractivity contribution is -0.128. The summed E-state index contributed by atoms with van der Waals surface area (Å²) in [7, 11) is -3.76. The average molecular weight is 363 g/mol. The molecule has 3 rings (SSSR count). The Morgan fingerprint density at radius 1 is 1.20 bits per heavy atom. The van der Waals surface area contributed by atoms with Crippen molar-refractivity contribution in [3.05, 3.63) is 40.6 Å². The van der Waals surface area contributed by atoms with E-state index in [1.54, 1.807) is 37.8 Å². The zero-order valence-electron chi connectivity index (χ0n) is 14.5. The molecule has 0 unspecified atom stereocenters. The number of rotatable bonds is 3. The van der Waals surface area contributed by atoms with Gasteiger partial charge < -0.3 is 9.42 Å². The molecule has 0 atom stereocenters. The quantitative estimate of drug-likeness (QED) is 0.901. The van der Waals surface area contributed by atoms with E-state index in [9.17, 15) is 13.2 Å². The van der Waals surface area contributed by atoms with Crippen LogP contribution in [0.3, 0.4) is 0 Å². The molecule has 8 heteroatoms. The summed E-state index contributed by atoms with van der Waals surface area (Å²) < 4.78 is 32.8. The van der Waals surface area contributed by atoms with Crippen molar-refractivity contribution in [2.75, 3.05) is 17.8 Å². The first kappa shape index (κ1) is 17.5. The first-order valence-corrected chi connectivity index (χ1v) is 9.59. The van der Waals surface area contributed by atoms with Crippen LogP contribution in [0.5, 0.6) is 0 Å². The van der Waals surface area contributed by atoms with Crippen molar-refractivity contribution >= 4 is 21.8 Å². The molecule has 0 radical (unpaired) electrons. The molecular formula is C17H21N3O4S. The third-order valence-electron chi connectivity index (χ3n) is 4.62. The van der Waals surface area contributed by atoms with Gasteiger partial charge >= 0.3 is 0 Å². The van der Waals surface area contributed by atoms with E-state index in [4.69, 9.17) is 4.52 Å². The number of hydrogen-bond acceptors (Lipinski definition) is 5. The van der Waals surface area contributed by atoms with Gasteiger partial charge in [-0.1, -0.05) is 11.2 Å². The highest BCUT2D eigenvalue weighted by atomic mass is 32.2. The number of hydrogen-bond donors (Lipinski definition) is 1. The first-order valence-electron chi connectivity index (χ1n) is 8.11. The van der Waals surface area contributed by atoms with Gasteiger partial charge in [-0.15, -0.1) is 0 Å². The molecule has 1 amide bonds. The van der Waals surface area contributed by atoms with Crippen LogP contribution < -0.4 is 4.72 Å². The highest BCUT2D eigenvalue weighted by molar-refractivity contribution is 7.92. The van der Waals surface area contributed by atoms with Gasteiger partial charge in [0.25, 0.3) is 10.0 Å². The third-order valence-corrected chi connectivity index (χ3v) is 5.95. The van der Waals surface area contributed by atoms with E-state index < -0.39 is 10.0 Å². The number of aromatic nitrogens is 1. The number of benzene rings is 1. The summed E-state index contributed by atoms with van der Waals surface area (Å²) in [6.07, 6.45) is 1.36. The number of carbonyl (C=O) groups is 1.